The standard InChI is InChI=1S/C23H23FN2O2S2/c1-3-28-22(27)20-19(17-7-5-4-6-8-17)15(2)30-21(20)26-23(29)25-14-13-16-9-11-18(24)12-10-16/h4-12H,3,13-14H2,1-2H3,(H2,25,26,29). The fourth-order valence-corrected chi connectivity index (χ4v) is 4.44. The highest BCUT2D eigenvalue weighted by molar-refractivity contribution is 7.80. The van der Waals surface area contributed by atoms with E-state index in [1.165, 1.54) is 23.5 Å². The van der Waals surface area contributed by atoms with Crippen molar-refractivity contribution in [3.63, 3.8) is 0 Å². The summed E-state index contributed by atoms with van der Waals surface area (Å²) in [5.41, 5.74) is 3.32. The number of hydrogen-bond acceptors (Lipinski definition) is 4. The van der Waals surface area contributed by atoms with Crippen LogP contribution in [0.3, 0.4) is 0 Å². The molecule has 0 fully saturated rings. The predicted octanol–water partition coefficient (Wildman–Crippen LogP) is 5.57. The molecule has 0 atom stereocenters. The van der Waals surface area contributed by atoms with Crippen molar-refractivity contribution >= 4 is 39.6 Å². The Morgan fingerprint density at radius 1 is 1.13 bits per heavy atom. The van der Waals surface area contributed by atoms with Crippen molar-refractivity contribution < 1.29 is 13.9 Å². The monoisotopic (exact) mass is 442 g/mol. The molecule has 0 spiro atoms. The quantitative estimate of drug-likeness (QED) is 0.370. The fourth-order valence-electron chi connectivity index (χ4n) is 3.10. The van der Waals surface area contributed by atoms with Gasteiger partial charge in [0.25, 0.3) is 0 Å². The number of ether oxygens (including phenoxy) is 1. The van der Waals surface area contributed by atoms with Crippen LogP contribution in [0.4, 0.5) is 9.39 Å². The molecule has 0 saturated heterocycles. The molecule has 156 valence electrons. The second kappa shape index (κ2) is 10.3. The molecule has 2 aromatic carbocycles. The largest absolute Gasteiger partial charge is 0.462 e. The third kappa shape index (κ3) is 5.43. The molecule has 0 aliphatic rings. The molecule has 0 amide bonds. The zero-order valence-electron chi connectivity index (χ0n) is 16.8. The molecule has 4 nitrogen and oxygen atoms in total. The Morgan fingerprint density at radius 2 is 1.83 bits per heavy atom. The summed E-state index contributed by atoms with van der Waals surface area (Å²) in [6.07, 6.45) is 0.700. The number of benzene rings is 2. The zero-order valence-corrected chi connectivity index (χ0v) is 18.5. The zero-order chi connectivity index (χ0) is 21.5. The lowest BCUT2D eigenvalue weighted by Gasteiger charge is -2.12. The van der Waals surface area contributed by atoms with Crippen LogP contribution in [0.1, 0.15) is 27.7 Å². The van der Waals surface area contributed by atoms with Gasteiger partial charge in [-0.1, -0.05) is 42.5 Å². The summed E-state index contributed by atoms with van der Waals surface area (Å²) in [4.78, 5) is 13.7. The molecule has 2 N–H and O–H groups in total. The molecule has 1 aromatic heterocycles. The first-order chi connectivity index (χ1) is 14.5. The normalized spacial score (nSPS) is 10.5. The number of nitrogens with one attached hydrogen (secondary N) is 2. The van der Waals surface area contributed by atoms with E-state index in [1.54, 1.807) is 19.1 Å². The van der Waals surface area contributed by atoms with Crippen LogP contribution in [0.25, 0.3) is 11.1 Å². The second-order valence-corrected chi connectivity index (χ2v) is 8.21. The Morgan fingerprint density at radius 3 is 2.50 bits per heavy atom. The van der Waals surface area contributed by atoms with E-state index >= 15 is 0 Å². The highest BCUT2D eigenvalue weighted by Crippen LogP contribution is 2.40. The molecule has 0 radical (unpaired) electrons. The van der Waals surface area contributed by atoms with Gasteiger partial charge in [-0.05, 0) is 55.7 Å². The first-order valence-corrected chi connectivity index (χ1v) is 10.9. The molecule has 3 aromatic rings. The average molecular weight is 443 g/mol. The van der Waals surface area contributed by atoms with E-state index in [0.717, 1.165) is 21.6 Å². The first kappa shape index (κ1) is 21.9. The lowest BCUT2D eigenvalue weighted by molar-refractivity contribution is 0.0529. The van der Waals surface area contributed by atoms with E-state index < -0.39 is 0 Å². The Kier molecular flexibility index (Phi) is 7.54. The van der Waals surface area contributed by atoms with Crippen molar-refractivity contribution in [3.05, 3.63) is 76.4 Å². The number of anilines is 1. The second-order valence-electron chi connectivity index (χ2n) is 6.58. The van der Waals surface area contributed by atoms with Crippen LogP contribution in [-0.4, -0.2) is 24.2 Å². The van der Waals surface area contributed by atoms with E-state index in [-0.39, 0.29) is 11.8 Å². The molecule has 0 unspecified atom stereocenters. The van der Waals surface area contributed by atoms with Crippen molar-refractivity contribution in [3.8, 4) is 11.1 Å². The number of esters is 1. The van der Waals surface area contributed by atoms with Gasteiger partial charge in [0.1, 0.15) is 16.4 Å². The molecule has 30 heavy (non-hydrogen) atoms. The first-order valence-electron chi connectivity index (χ1n) is 9.64. The number of thiophene rings is 1. The van der Waals surface area contributed by atoms with Crippen LogP contribution < -0.4 is 10.6 Å². The number of rotatable bonds is 7. The number of hydrogen-bond donors (Lipinski definition) is 2. The summed E-state index contributed by atoms with van der Waals surface area (Å²) in [5, 5.41) is 7.37. The van der Waals surface area contributed by atoms with Crippen LogP contribution in [-0.2, 0) is 11.2 Å². The van der Waals surface area contributed by atoms with E-state index in [4.69, 9.17) is 17.0 Å². The van der Waals surface area contributed by atoms with Gasteiger partial charge in [-0.3, -0.25) is 0 Å². The third-order valence-corrected chi connectivity index (χ3v) is 5.73. The highest BCUT2D eigenvalue weighted by Gasteiger charge is 2.24. The maximum absolute atomic E-state index is 13.0. The number of carbonyl (C=O) groups is 1. The molecule has 0 aliphatic carbocycles. The molecule has 0 bridgehead atoms. The van der Waals surface area contributed by atoms with Crippen LogP contribution in [0.15, 0.2) is 54.6 Å². The number of thiocarbonyl (C=S) groups is 1. The van der Waals surface area contributed by atoms with Crippen molar-refractivity contribution in [2.24, 2.45) is 0 Å². The van der Waals surface area contributed by atoms with Gasteiger partial charge in [-0.2, -0.15) is 0 Å². The average Bonchev–Trinajstić information content (AvgIpc) is 3.06. The van der Waals surface area contributed by atoms with Crippen LogP contribution in [0, 0.1) is 12.7 Å². The minimum Gasteiger partial charge on any atom is -0.462 e. The summed E-state index contributed by atoms with van der Waals surface area (Å²) in [5.74, 6) is -0.630. The summed E-state index contributed by atoms with van der Waals surface area (Å²) in [6.45, 7) is 4.64. The molecule has 1 heterocycles. The SMILES string of the molecule is CCOC(=O)c1c(NC(=S)NCCc2ccc(F)cc2)sc(C)c1-c1ccccc1. The summed E-state index contributed by atoms with van der Waals surface area (Å²) in [6, 6.07) is 16.2. The lowest BCUT2D eigenvalue weighted by atomic mass is 10.0. The van der Waals surface area contributed by atoms with Gasteiger partial charge in [0, 0.05) is 17.0 Å². The number of carbonyl (C=O) groups excluding carboxylic acids is 1. The van der Waals surface area contributed by atoms with Gasteiger partial charge in [0.15, 0.2) is 5.11 Å². The topological polar surface area (TPSA) is 50.4 Å². The molecular formula is C23H23FN2O2S2. The minimum absolute atomic E-state index is 0.252. The Balaban J connectivity index is 1.75. The predicted molar refractivity (Wildman–Crippen MR) is 125 cm³/mol. The molecule has 0 aliphatic heterocycles. The van der Waals surface area contributed by atoms with Crippen molar-refractivity contribution in [2.45, 2.75) is 20.3 Å². The van der Waals surface area contributed by atoms with E-state index in [2.05, 4.69) is 10.6 Å². The van der Waals surface area contributed by atoms with Gasteiger partial charge in [0.05, 0.1) is 6.61 Å². The smallest absolute Gasteiger partial charge is 0.341 e. The summed E-state index contributed by atoms with van der Waals surface area (Å²) >= 11 is 6.89. The Hall–Kier alpha value is -2.77. The van der Waals surface area contributed by atoms with Gasteiger partial charge >= 0.3 is 5.97 Å². The Labute approximate surface area is 185 Å². The number of halogens is 1. The maximum atomic E-state index is 13.0. The van der Waals surface area contributed by atoms with Crippen LogP contribution >= 0.6 is 23.6 Å². The van der Waals surface area contributed by atoms with Crippen molar-refractivity contribution in [1.29, 1.82) is 0 Å². The molecular weight excluding hydrogens is 419 g/mol. The maximum Gasteiger partial charge on any atom is 0.341 e. The van der Waals surface area contributed by atoms with Gasteiger partial charge in [-0.15, -0.1) is 11.3 Å². The fraction of sp³-hybridized carbons (Fsp3) is 0.217. The van der Waals surface area contributed by atoms with Gasteiger partial charge in [0.2, 0.25) is 0 Å². The summed E-state index contributed by atoms with van der Waals surface area (Å²) < 4.78 is 18.3. The highest BCUT2D eigenvalue weighted by atomic mass is 32.1. The molecule has 7 heteroatoms. The van der Waals surface area contributed by atoms with Gasteiger partial charge < -0.3 is 15.4 Å². The van der Waals surface area contributed by atoms with E-state index in [1.807, 2.05) is 37.3 Å². The summed E-state index contributed by atoms with van der Waals surface area (Å²) in [7, 11) is 0. The third-order valence-electron chi connectivity index (χ3n) is 4.47. The van der Waals surface area contributed by atoms with E-state index in [9.17, 15) is 9.18 Å². The van der Waals surface area contributed by atoms with Gasteiger partial charge in [-0.25, -0.2) is 9.18 Å². The van der Waals surface area contributed by atoms with Crippen LogP contribution in [0.2, 0.25) is 0 Å². The minimum atomic E-state index is -0.377. The Bertz CT molecular complexity index is 1020. The van der Waals surface area contributed by atoms with Crippen LogP contribution in [0.5, 0.6) is 0 Å². The number of aryl methyl sites for hydroxylation is 1. The lowest BCUT2D eigenvalue weighted by Crippen LogP contribution is -2.30. The van der Waals surface area contributed by atoms with Crippen molar-refractivity contribution in [1.82, 2.24) is 5.32 Å². The molecule has 3 rings (SSSR count). The van der Waals surface area contributed by atoms with E-state index in [0.29, 0.717) is 35.2 Å². The van der Waals surface area contributed by atoms with Crippen molar-refractivity contribution in [2.75, 3.05) is 18.5 Å². The molecule has 0 saturated carbocycles.